The predicted molar refractivity (Wildman–Crippen MR) is 73.6 cm³/mol. The van der Waals surface area contributed by atoms with Crippen LogP contribution in [0.2, 0.25) is 0 Å². The van der Waals surface area contributed by atoms with E-state index in [1.807, 2.05) is 0 Å². The smallest absolute Gasteiger partial charge is 0.0378 e. The lowest BCUT2D eigenvalue weighted by atomic mass is 9.48. The van der Waals surface area contributed by atoms with E-state index in [4.69, 9.17) is 0 Å². The molecule has 1 heteroatoms. The van der Waals surface area contributed by atoms with Gasteiger partial charge in [-0.25, -0.2) is 0 Å². The Hall–Kier alpha value is -0.850. The van der Waals surface area contributed by atoms with Crippen molar-refractivity contribution in [2.45, 2.75) is 57.8 Å². The van der Waals surface area contributed by atoms with Gasteiger partial charge in [-0.05, 0) is 93.2 Å². The number of hydrogen-bond acceptors (Lipinski definition) is 1. The highest BCUT2D eigenvalue weighted by atomic mass is 14.7. The summed E-state index contributed by atoms with van der Waals surface area (Å²) in [7, 11) is 0. The number of rotatable bonds is 1. The third kappa shape index (κ3) is 1.56. The van der Waals surface area contributed by atoms with Crippen molar-refractivity contribution in [1.82, 2.24) is 4.98 Å². The maximum atomic E-state index is 4.56. The first-order valence-electron chi connectivity index (χ1n) is 7.59. The van der Waals surface area contributed by atoms with E-state index in [1.54, 1.807) is 5.56 Å². The third-order valence-corrected chi connectivity index (χ3v) is 5.73. The van der Waals surface area contributed by atoms with Crippen LogP contribution >= 0.6 is 0 Å². The van der Waals surface area contributed by atoms with Crippen LogP contribution in [0.3, 0.4) is 0 Å². The highest BCUT2D eigenvalue weighted by molar-refractivity contribution is 5.31. The molecule has 0 N–H and O–H groups in total. The first-order chi connectivity index (χ1) is 8.63. The summed E-state index contributed by atoms with van der Waals surface area (Å²) < 4.78 is 0. The van der Waals surface area contributed by atoms with Gasteiger partial charge in [0.25, 0.3) is 0 Å². The molecule has 5 rings (SSSR count). The van der Waals surface area contributed by atoms with Crippen LogP contribution in [0.4, 0.5) is 0 Å². The Kier molecular flexibility index (Phi) is 2.19. The fraction of sp³-hybridized carbons (Fsp3) is 0.706. The fourth-order valence-electron chi connectivity index (χ4n) is 5.60. The van der Waals surface area contributed by atoms with Gasteiger partial charge in [0.15, 0.2) is 0 Å². The molecular weight excluding hydrogens is 218 g/mol. The van der Waals surface area contributed by atoms with Crippen LogP contribution in [0.5, 0.6) is 0 Å². The maximum absolute atomic E-state index is 4.56. The van der Waals surface area contributed by atoms with Crippen molar-refractivity contribution < 1.29 is 0 Å². The van der Waals surface area contributed by atoms with E-state index in [0.29, 0.717) is 5.41 Å². The van der Waals surface area contributed by atoms with Gasteiger partial charge in [0.2, 0.25) is 0 Å². The molecule has 0 unspecified atom stereocenters. The van der Waals surface area contributed by atoms with Crippen molar-refractivity contribution in [3.05, 3.63) is 29.1 Å². The molecule has 0 amide bonds. The Morgan fingerprint density at radius 2 is 1.33 bits per heavy atom. The molecule has 18 heavy (non-hydrogen) atoms. The van der Waals surface area contributed by atoms with Crippen molar-refractivity contribution in [2.75, 3.05) is 0 Å². The van der Waals surface area contributed by atoms with Crippen molar-refractivity contribution >= 4 is 0 Å². The van der Waals surface area contributed by atoms with Gasteiger partial charge in [-0.2, -0.15) is 0 Å². The SMILES string of the molecule is Cc1cc(C23CC4CC(CC(C4)C2)C3)cc(C)n1. The molecule has 0 spiro atoms. The summed E-state index contributed by atoms with van der Waals surface area (Å²) in [5, 5.41) is 0. The van der Waals surface area contributed by atoms with E-state index in [0.717, 1.165) is 17.8 Å². The highest BCUT2D eigenvalue weighted by Gasteiger charge is 2.51. The van der Waals surface area contributed by atoms with Gasteiger partial charge >= 0.3 is 0 Å². The Morgan fingerprint density at radius 1 is 0.889 bits per heavy atom. The van der Waals surface area contributed by atoms with E-state index in [1.165, 1.54) is 49.9 Å². The van der Waals surface area contributed by atoms with Crippen LogP contribution in [0.25, 0.3) is 0 Å². The van der Waals surface area contributed by atoms with Gasteiger partial charge in [0, 0.05) is 11.4 Å². The summed E-state index contributed by atoms with van der Waals surface area (Å²) in [5.41, 5.74) is 4.57. The third-order valence-electron chi connectivity index (χ3n) is 5.73. The lowest BCUT2D eigenvalue weighted by Gasteiger charge is -2.57. The summed E-state index contributed by atoms with van der Waals surface area (Å²) in [4.78, 5) is 4.56. The molecule has 4 aliphatic rings. The van der Waals surface area contributed by atoms with Gasteiger partial charge in [-0.15, -0.1) is 0 Å². The molecule has 0 aliphatic heterocycles. The molecular formula is C17H23N. The number of pyridine rings is 1. The summed E-state index contributed by atoms with van der Waals surface area (Å²) in [6, 6.07) is 4.75. The molecule has 0 aromatic carbocycles. The second kappa shape index (κ2) is 3.59. The van der Waals surface area contributed by atoms with E-state index in [2.05, 4.69) is 31.0 Å². The summed E-state index contributed by atoms with van der Waals surface area (Å²) in [5.74, 6) is 3.10. The minimum Gasteiger partial charge on any atom is -0.258 e. The summed E-state index contributed by atoms with van der Waals surface area (Å²) in [6.07, 6.45) is 8.97. The molecule has 1 aromatic heterocycles. The van der Waals surface area contributed by atoms with Gasteiger partial charge in [0.05, 0.1) is 0 Å². The van der Waals surface area contributed by atoms with E-state index in [-0.39, 0.29) is 0 Å². The highest BCUT2D eigenvalue weighted by Crippen LogP contribution is 2.60. The maximum Gasteiger partial charge on any atom is 0.0378 e. The topological polar surface area (TPSA) is 12.9 Å². The van der Waals surface area contributed by atoms with E-state index < -0.39 is 0 Å². The molecule has 1 heterocycles. The molecule has 1 nitrogen and oxygen atoms in total. The second-order valence-corrected chi connectivity index (χ2v) is 7.34. The summed E-state index contributed by atoms with van der Waals surface area (Å²) >= 11 is 0. The minimum absolute atomic E-state index is 0.535. The molecule has 96 valence electrons. The molecule has 0 saturated heterocycles. The quantitative estimate of drug-likeness (QED) is 0.719. The molecule has 0 atom stereocenters. The van der Waals surface area contributed by atoms with Crippen LogP contribution in [0.1, 0.15) is 55.5 Å². The van der Waals surface area contributed by atoms with Gasteiger partial charge in [-0.3, -0.25) is 4.98 Å². The number of hydrogen-bond donors (Lipinski definition) is 0. The molecule has 4 saturated carbocycles. The van der Waals surface area contributed by atoms with Crippen LogP contribution in [-0.4, -0.2) is 4.98 Å². The fourth-order valence-corrected chi connectivity index (χ4v) is 5.60. The van der Waals surface area contributed by atoms with Gasteiger partial charge in [-0.1, -0.05) is 0 Å². The normalized spacial score (nSPS) is 41.3. The first kappa shape index (κ1) is 11.0. The van der Waals surface area contributed by atoms with E-state index >= 15 is 0 Å². The van der Waals surface area contributed by atoms with Gasteiger partial charge in [0.1, 0.15) is 0 Å². The zero-order valence-electron chi connectivity index (χ0n) is 11.6. The average molecular weight is 241 g/mol. The van der Waals surface area contributed by atoms with Crippen molar-refractivity contribution in [1.29, 1.82) is 0 Å². The van der Waals surface area contributed by atoms with Crippen molar-refractivity contribution in [3.8, 4) is 0 Å². The zero-order valence-corrected chi connectivity index (χ0v) is 11.6. The van der Waals surface area contributed by atoms with E-state index in [9.17, 15) is 0 Å². The first-order valence-corrected chi connectivity index (χ1v) is 7.59. The molecule has 4 aliphatic carbocycles. The molecule has 4 bridgehead atoms. The van der Waals surface area contributed by atoms with Crippen molar-refractivity contribution in [2.24, 2.45) is 17.8 Å². The Bertz CT molecular complexity index is 433. The van der Waals surface area contributed by atoms with Gasteiger partial charge < -0.3 is 0 Å². The van der Waals surface area contributed by atoms with Crippen LogP contribution < -0.4 is 0 Å². The monoisotopic (exact) mass is 241 g/mol. The Balaban J connectivity index is 1.79. The molecule has 1 aromatic rings. The number of aromatic nitrogens is 1. The van der Waals surface area contributed by atoms with Crippen LogP contribution in [0, 0.1) is 31.6 Å². The minimum atomic E-state index is 0.535. The largest absolute Gasteiger partial charge is 0.258 e. The second-order valence-electron chi connectivity index (χ2n) is 7.34. The van der Waals surface area contributed by atoms with Crippen LogP contribution in [0.15, 0.2) is 12.1 Å². The lowest BCUT2D eigenvalue weighted by molar-refractivity contribution is -0.00528. The molecule has 4 fully saturated rings. The molecule has 0 radical (unpaired) electrons. The van der Waals surface area contributed by atoms with Crippen LogP contribution in [-0.2, 0) is 5.41 Å². The standard InChI is InChI=1S/C17H23N/c1-11-3-16(4-12(2)18-11)17-8-13-5-14(9-17)7-15(6-13)10-17/h3-4,13-15H,5-10H2,1-2H3. The Labute approximate surface area is 110 Å². The zero-order chi connectivity index (χ0) is 12.3. The Morgan fingerprint density at radius 3 is 1.78 bits per heavy atom. The number of aryl methyl sites for hydroxylation is 2. The summed E-state index contributed by atoms with van der Waals surface area (Å²) in [6.45, 7) is 4.30. The lowest BCUT2D eigenvalue weighted by Crippen LogP contribution is -2.48. The average Bonchev–Trinajstić information content (AvgIpc) is 2.25. The van der Waals surface area contributed by atoms with Crippen molar-refractivity contribution in [3.63, 3.8) is 0 Å². The number of nitrogens with zero attached hydrogens (tertiary/aromatic N) is 1. The predicted octanol–water partition coefficient (Wildman–Crippen LogP) is 4.17.